The third kappa shape index (κ3) is 1.44. The maximum Gasteiger partial charge on any atom is 0.167 e. The lowest BCUT2D eigenvalue weighted by Gasteiger charge is -2.22. The Morgan fingerprint density at radius 1 is 1.50 bits per heavy atom. The second-order valence-electron chi connectivity index (χ2n) is 3.38. The first-order valence-corrected chi connectivity index (χ1v) is 4.35. The van der Waals surface area contributed by atoms with E-state index in [1.54, 1.807) is 0 Å². The van der Waals surface area contributed by atoms with Gasteiger partial charge in [-0.15, -0.1) is 0 Å². The Hall–Kier alpha value is -0.990. The van der Waals surface area contributed by atoms with E-state index in [2.05, 4.69) is 25.9 Å². The van der Waals surface area contributed by atoms with Gasteiger partial charge in [0.15, 0.2) is 5.82 Å². The Morgan fingerprint density at radius 2 is 2.08 bits per heavy atom. The second kappa shape index (κ2) is 3.17. The Kier molecular flexibility index (Phi) is 2.40. The molecule has 1 aromatic rings. The number of hydrogen-bond acceptors (Lipinski definition) is 3. The molecule has 0 aliphatic carbocycles. The third-order valence-electron chi connectivity index (χ3n) is 2.68. The smallest absolute Gasteiger partial charge is 0.167 e. The largest absolute Gasteiger partial charge is 0.381 e. The van der Waals surface area contributed by atoms with Crippen LogP contribution in [-0.4, -0.2) is 5.16 Å². The highest BCUT2D eigenvalue weighted by atomic mass is 16.5. The molecule has 3 heteroatoms. The average molecular weight is 168 g/mol. The first-order chi connectivity index (χ1) is 5.62. The molecule has 12 heavy (non-hydrogen) atoms. The van der Waals surface area contributed by atoms with E-state index < -0.39 is 0 Å². The molecule has 1 aromatic heterocycles. The van der Waals surface area contributed by atoms with Gasteiger partial charge in [-0.25, -0.2) is 0 Å². The van der Waals surface area contributed by atoms with Crippen molar-refractivity contribution in [2.45, 2.75) is 39.0 Å². The van der Waals surface area contributed by atoms with Gasteiger partial charge in [0.1, 0.15) is 5.76 Å². The summed E-state index contributed by atoms with van der Waals surface area (Å²) in [5, 5.41) is 3.68. The molecule has 0 saturated heterocycles. The van der Waals surface area contributed by atoms with Crippen LogP contribution in [0, 0.1) is 0 Å². The van der Waals surface area contributed by atoms with E-state index in [1.165, 1.54) is 0 Å². The van der Waals surface area contributed by atoms with Crippen LogP contribution in [0.1, 0.15) is 39.4 Å². The lowest BCUT2D eigenvalue weighted by atomic mass is 9.82. The van der Waals surface area contributed by atoms with Gasteiger partial charge >= 0.3 is 0 Å². The molecular formula is C9H16N2O. The van der Waals surface area contributed by atoms with Crippen LogP contribution in [0.4, 0.5) is 5.82 Å². The topological polar surface area (TPSA) is 52.0 Å². The lowest BCUT2D eigenvalue weighted by Crippen LogP contribution is -2.18. The number of rotatable bonds is 3. The lowest BCUT2D eigenvalue weighted by molar-refractivity contribution is 0.290. The van der Waals surface area contributed by atoms with Crippen molar-refractivity contribution in [2.24, 2.45) is 0 Å². The standard InChI is InChI=1S/C9H16N2O/c1-4-9(3,5-2)7-6-8(10)11-12-7/h6H,4-5H2,1-3H3,(H2,10,11). The summed E-state index contributed by atoms with van der Waals surface area (Å²) >= 11 is 0. The number of hydrogen-bond donors (Lipinski definition) is 1. The quantitative estimate of drug-likeness (QED) is 0.753. The molecule has 0 amide bonds. The summed E-state index contributed by atoms with van der Waals surface area (Å²) < 4.78 is 5.14. The molecule has 0 fully saturated rings. The van der Waals surface area contributed by atoms with Gasteiger partial charge in [0, 0.05) is 11.5 Å². The first-order valence-electron chi connectivity index (χ1n) is 4.35. The number of nitrogens with zero attached hydrogens (tertiary/aromatic N) is 1. The number of nitrogen functional groups attached to an aromatic ring is 1. The molecule has 0 spiro atoms. The van der Waals surface area contributed by atoms with Gasteiger partial charge < -0.3 is 10.3 Å². The van der Waals surface area contributed by atoms with Crippen LogP contribution < -0.4 is 5.73 Å². The SMILES string of the molecule is CCC(C)(CC)c1cc(N)no1. The molecule has 0 aliphatic heterocycles. The molecule has 0 aromatic carbocycles. The molecular weight excluding hydrogens is 152 g/mol. The molecule has 68 valence electrons. The number of nitrogens with two attached hydrogens (primary N) is 1. The molecule has 3 nitrogen and oxygen atoms in total. The van der Waals surface area contributed by atoms with Gasteiger partial charge in [-0.1, -0.05) is 25.9 Å². The van der Waals surface area contributed by atoms with Crippen molar-refractivity contribution in [2.75, 3.05) is 5.73 Å². The summed E-state index contributed by atoms with van der Waals surface area (Å²) in [6.45, 7) is 6.44. The van der Waals surface area contributed by atoms with E-state index in [4.69, 9.17) is 10.3 Å². The summed E-state index contributed by atoms with van der Waals surface area (Å²) in [4.78, 5) is 0. The normalized spacial score (nSPS) is 11.9. The van der Waals surface area contributed by atoms with E-state index in [9.17, 15) is 0 Å². The molecule has 1 heterocycles. The summed E-state index contributed by atoms with van der Waals surface area (Å²) in [6.07, 6.45) is 2.08. The maximum absolute atomic E-state index is 5.48. The van der Waals surface area contributed by atoms with Crippen molar-refractivity contribution in [3.05, 3.63) is 11.8 Å². The Balaban J connectivity index is 2.94. The highest BCUT2D eigenvalue weighted by Crippen LogP contribution is 2.31. The molecule has 0 radical (unpaired) electrons. The van der Waals surface area contributed by atoms with Crippen LogP contribution in [0.25, 0.3) is 0 Å². The van der Waals surface area contributed by atoms with Gasteiger partial charge in [-0.2, -0.15) is 0 Å². The fourth-order valence-electron chi connectivity index (χ4n) is 1.17. The summed E-state index contributed by atoms with van der Waals surface area (Å²) in [5.74, 6) is 1.36. The summed E-state index contributed by atoms with van der Waals surface area (Å²) in [6, 6.07) is 1.81. The van der Waals surface area contributed by atoms with Crippen molar-refractivity contribution in [3.63, 3.8) is 0 Å². The second-order valence-corrected chi connectivity index (χ2v) is 3.38. The minimum absolute atomic E-state index is 0.0879. The summed E-state index contributed by atoms with van der Waals surface area (Å²) in [7, 11) is 0. The number of aromatic nitrogens is 1. The highest BCUT2D eigenvalue weighted by molar-refractivity contribution is 5.29. The zero-order chi connectivity index (χ0) is 9.19. The van der Waals surface area contributed by atoms with Crippen LogP contribution in [-0.2, 0) is 5.41 Å². The van der Waals surface area contributed by atoms with E-state index in [-0.39, 0.29) is 5.41 Å². The van der Waals surface area contributed by atoms with E-state index in [0.717, 1.165) is 18.6 Å². The van der Waals surface area contributed by atoms with Gasteiger partial charge in [-0.3, -0.25) is 0 Å². The van der Waals surface area contributed by atoms with E-state index in [0.29, 0.717) is 5.82 Å². The molecule has 0 atom stereocenters. The van der Waals surface area contributed by atoms with Crippen LogP contribution in [0.3, 0.4) is 0 Å². The van der Waals surface area contributed by atoms with Gasteiger partial charge in [0.2, 0.25) is 0 Å². The maximum atomic E-state index is 5.48. The van der Waals surface area contributed by atoms with Crippen molar-refractivity contribution < 1.29 is 4.52 Å². The fraction of sp³-hybridized carbons (Fsp3) is 0.667. The van der Waals surface area contributed by atoms with Crippen molar-refractivity contribution in [3.8, 4) is 0 Å². The average Bonchev–Trinajstić information content (AvgIpc) is 2.51. The Bertz CT molecular complexity index is 251. The predicted octanol–water partition coefficient (Wildman–Crippen LogP) is 2.33. The van der Waals surface area contributed by atoms with Gasteiger partial charge in [0.25, 0.3) is 0 Å². The first kappa shape index (κ1) is 9.10. The minimum atomic E-state index is 0.0879. The monoisotopic (exact) mass is 168 g/mol. The highest BCUT2D eigenvalue weighted by Gasteiger charge is 2.26. The Morgan fingerprint density at radius 3 is 2.42 bits per heavy atom. The van der Waals surface area contributed by atoms with Gasteiger partial charge in [-0.05, 0) is 12.8 Å². The van der Waals surface area contributed by atoms with Gasteiger partial charge in [0.05, 0.1) is 0 Å². The molecule has 0 unspecified atom stereocenters. The predicted molar refractivity (Wildman–Crippen MR) is 48.8 cm³/mol. The van der Waals surface area contributed by atoms with Crippen LogP contribution in [0.5, 0.6) is 0 Å². The fourth-order valence-corrected chi connectivity index (χ4v) is 1.17. The minimum Gasteiger partial charge on any atom is -0.381 e. The Labute approximate surface area is 72.9 Å². The van der Waals surface area contributed by atoms with Crippen molar-refractivity contribution in [1.82, 2.24) is 5.16 Å². The summed E-state index contributed by atoms with van der Waals surface area (Å²) in [5.41, 5.74) is 5.57. The number of anilines is 1. The van der Waals surface area contributed by atoms with Crippen molar-refractivity contribution in [1.29, 1.82) is 0 Å². The zero-order valence-corrected chi connectivity index (χ0v) is 7.92. The van der Waals surface area contributed by atoms with Crippen LogP contribution in [0.15, 0.2) is 10.6 Å². The van der Waals surface area contributed by atoms with Crippen LogP contribution in [0.2, 0.25) is 0 Å². The molecule has 2 N–H and O–H groups in total. The third-order valence-corrected chi connectivity index (χ3v) is 2.68. The molecule has 0 bridgehead atoms. The molecule has 0 saturated carbocycles. The van der Waals surface area contributed by atoms with Crippen molar-refractivity contribution >= 4 is 5.82 Å². The zero-order valence-electron chi connectivity index (χ0n) is 7.92. The van der Waals surface area contributed by atoms with E-state index >= 15 is 0 Å². The molecule has 0 aliphatic rings. The van der Waals surface area contributed by atoms with E-state index in [1.807, 2.05) is 6.07 Å². The molecule has 1 rings (SSSR count). The van der Waals surface area contributed by atoms with Crippen LogP contribution >= 0.6 is 0 Å².